The molecule has 1 unspecified atom stereocenters. The van der Waals surface area contributed by atoms with Crippen LogP contribution in [0.1, 0.15) is 43.2 Å². The number of nitrogens with zero attached hydrogens (tertiary/aromatic N) is 3. The zero-order valence-corrected chi connectivity index (χ0v) is 18.8. The average Bonchev–Trinajstić information content (AvgIpc) is 3.23. The Morgan fingerprint density at radius 2 is 1.84 bits per heavy atom. The quantitative estimate of drug-likeness (QED) is 0.536. The van der Waals surface area contributed by atoms with Gasteiger partial charge in [-0.25, -0.2) is 0 Å². The monoisotopic (exact) mass is 425 g/mol. The van der Waals surface area contributed by atoms with Crippen LogP contribution in [0.4, 0.5) is 0 Å². The lowest BCUT2D eigenvalue weighted by Gasteiger charge is -2.16. The summed E-state index contributed by atoms with van der Waals surface area (Å²) in [4.78, 5) is 9.17. The number of aliphatic hydroxyl groups excluding tert-OH is 2. The molecular weight excluding hydrogens is 394 g/mol. The summed E-state index contributed by atoms with van der Waals surface area (Å²) >= 11 is 0. The molecule has 0 saturated carbocycles. The summed E-state index contributed by atoms with van der Waals surface area (Å²) in [6.07, 6.45) is 2.55. The maximum Gasteiger partial charge on any atom is 0.259 e. The molecule has 0 fully saturated rings. The highest BCUT2D eigenvalue weighted by Gasteiger charge is 2.17. The number of benzene rings is 1. The molecule has 7 heteroatoms. The second-order valence-electron chi connectivity index (χ2n) is 8.29. The van der Waals surface area contributed by atoms with Crippen molar-refractivity contribution >= 4 is 0 Å². The first-order valence-electron chi connectivity index (χ1n) is 10.7. The fourth-order valence-corrected chi connectivity index (χ4v) is 3.46. The van der Waals surface area contributed by atoms with Gasteiger partial charge in [-0.15, -0.1) is 0 Å². The predicted molar refractivity (Wildman–Crippen MR) is 119 cm³/mol. The fraction of sp³-hybridized carbons (Fsp3) is 0.458. The minimum atomic E-state index is -0.910. The van der Waals surface area contributed by atoms with Crippen LogP contribution in [0.3, 0.4) is 0 Å². The SMILES string of the molecule is CCc1cc(-c2noc(-c3cnc(CC(C)C)c(C)c3)n2)cc(C)c1OCC(O)CO. The lowest BCUT2D eigenvalue weighted by Crippen LogP contribution is -2.22. The molecule has 0 saturated heterocycles. The largest absolute Gasteiger partial charge is 0.490 e. The Morgan fingerprint density at radius 1 is 1.10 bits per heavy atom. The smallest absolute Gasteiger partial charge is 0.259 e. The third-order valence-electron chi connectivity index (χ3n) is 5.08. The van der Waals surface area contributed by atoms with Crippen LogP contribution in [0.2, 0.25) is 0 Å². The molecule has 2 heterocycles. The molecule has 2 N–H and O–H groups in total. The van der Waals surface area contributed by atoms with Gasteiger partial charge in [-0.3, -0.25) is 4.98 Å². The van der Waals surface area contributed by atoms with Crippen molar-refractivity contribution in [3.05, 3.63) is 46.8 Å². The normalized spacial score (nSPS) is 12.4. The Hall–Kier alpha value is -2.77. The molecule has 0 amide bonds. The molecule has 166 valence electrons. The van der Waals surface area contributed by atoms with E-state index in [1.165, 1.54) is 0 Å². The minimum Gasteiger partial charge on any atom is -0.490 e. The zero-order valence-electron chi connectivity index (χ0n) is 18.8. The first kappa shape index (κ1) is 22.9. The van der Waals surface area contributed by atoms with Gasteiger partial charge in [-0.1, -0.05) is 25.9 Å². The number of aryl methyl sites for hydroxylation is 3. The first-order valence-corrected chi connectivity index (χ1v) is 10.7. The van der Waals surface area contributed by atoms with Gasteiger partial charge in [0.2, 0.25) is 5.82 Å². The van der Waals surface area contributed by atoms with Gasteiger partial charge in [0.05, 0.1) is 12.2 Å². The highest BCUT2D eigenvalue weighted by atomic mass is 16.5. The van der Waals surface area contributed by atoms with Crippen molar-refractivity contribution in [1.82, 2.24) is 15.1 Å². The molecule has 0 aliphatic heterocycles. The van der Waals surface area contributed by atoms with Crippen LogP contribution in [0.5, 0.6) is 5.75 Å². The van der Waals surface area contributed by atoms with E-state index in [4.69, 9.17) is 14.4 Å². The van der Waals surface area contributed by atoms with E-state index in [1.807, 2.05) is 32.0 Å². The number of aromatic nitrogens is 3. The van der Waals surface area contributed by atoms with Gasteiger partial charge in [0.1, 0.15) is 18.5 Å². The number of hydrogen-bond donors (Lipinski definition) is 2. The maximum atomic E-state index is 9.58. The third-order valence-corrected chi connectivity index (χ3v) is 5.08. The van der Waals surface area contributed by atoms with E-state index in [0.29, 0.717) is 23.4 Å². The molecule has 31 heavy (non-hydrogen) atoms. The lowest BCUT2D eigenvalue weighted by molar-refractivity contribution is 0.0531. The van der Waals surface area contributed by atoms with Crippen LogP contribution in [0, 0.1) is 19.8 Å². The zero-order chi connectivity index (χ0) is 22.5. The number of ether oxygens (including phenoxy) is 1. The summed E-state index contributed by atoms with van der Waals surface area (Å²) in [5.41, 5.74) is 5.71. The van der Waals surface area contributed by atoms with Gasteiger partial charge < -0.3 is 19.5 Å². The first-order chi connectivity index (χ1) is 14.8. The molecule has 0 spiro atoms. The highest BCUT2D eigenvalue weighted by Crippen LogP contribution is 2.31. The molecule has 0 radical (unpaired) electrons. The Balaban J connectivity index is 1.87. The summed E-state index contributed by atoms with van der Waals surface area (Å²) in [7, 11) is 0. The Labute approximate surface area is 183 Å². The Kier molecular flexibility index (Phi) is 7.41. The van der Waals surface area contributed by atoms with Crippen molar-refractivity contribution in [3.63, 3.8) is 0 Å². The Morgan fingerprint density at radius 3 is 2.48 bits per heavy atom. The van der Waals surface area contributed by atoms with Crippen molar-refractivity contribution in [2.45, 2.75) is 53.6 Å². The van der Waals surface area contributed by atoms with E-state index in [1.54, 1.807) is 6.20 Å². The maximum absolute atomic E-state index is 9.58. The molecular formula is C24H31N3O4. The van der Waals surface area contributed by atoms with E-state index >= 15 is 0 Å². The molecule has 0 bridgehead atoms. The van der Waals surface area contributed by atoms with Crippen LogP contribution in [0.25, 0.3) is 22.8 Å². The van der Waals surface area contributed by atoms with E-state index in [9.17, 15) is 5.11 Å². The van der Waals surface area contributed by atoms with Gasteiger partial charge in [0, 0.05) is 17.5 Å². The number of aliphatic hydroxyl groups is 2. The molecule has 3 aromatic rings. The summed E-state index contributed by atoms with van der Waals surface area (Å²) < 4.78 is 11.3. The molecule has 1 atom stereocenters. The van der Waals surface area contributed by atoms with Gasteiger partial charge in [-0.05, 0) is 67.5 Å². The number of hydrogen-bond acceptors (Lipinski definition) is 7. The summed E-state index contributed by atoms with van der Waals surface area (Å²) in [5.74, 6) is 2.19. The Bertz CT molecular complexity index is 1030. The third kappa shape index (κ3) is 5.48. The van der Waals surface area contributed by atoms with Crippen molar-refractivity contribution in [2.75, 3.05) is 13.2 Å². The molecule has 7 nitrogen and oxygen atoms in total. The second kappa shape index (κ2) is 10.0. The van der Waals surface area contributed by atoms with Crippen LogP contribution in [0.15, 0.2) is 28.9 Å². The molecule has 0 aliphatic carbocycles. The van der Waals surface area contributed by atoms with Crippen LogP contribution < -0.4 is 4.74 Å². The van der Waals surface area contributed by atoms with Gasteiger partial charge in [-0.2, -0.15) is 4.98 Å². The van der Waals surface area contributed by atoms with Crippen molar-refractivity contribution in [3.8, 4) is 28.6 Å². The predicted octanol–water partition coefficient (Wildman–Crippen LogP) is 3.91. The number of pyridine rings is 1. The summed E-state index contributed by atoms with van der Waals surface area (Å²) in [6, 6.07) is 5.94. The van der Waals surface area contributed by atoms with Gasteiger partial charge >= 0.3 is 0 Å². The van der Waals surface area contributed by atoms with E-state index in [2.05, 4.69) is 35.9 Å². The molecule has 3 rings (SSSR count). The number of rotatable bonds is 9. The van der Waals surface area contributed by atoms with E-state index in [0.717, 1.165) is 46.4 Å². The molecule has 0 aliphatic rings. The van der Waals surface area contributed by atoms with Gasteiger partial charge in [0.25, 0.3) is 5.89 Å². The summed E-state index contributed by atoms with van der Waals surface area (Å²) in [5, 5.41) is 22.8. The summed E-state index contributed by atoms with van der Waals surface area (Å²) in [6.45, 7) is 10.1. The standard InChI is InChI=1S/C24H31N3O4/c1-6-17-10-18(9-16(5)22(17)30-13-20(29)12-28)23-26-24(31-27-23)19-8-15(4)21(25-11-19)7-14(2)3/h8-11,14,20,28-29H,6-7,12-13H2,1-5H3. The van der Waals surface area contributed by atoms with Crippen LogP contribution in [-0.4, -0.2) is 44.7 Å². The fourth-order valence-electron chi connectivity index (χ4n) is 3.46. The molecule has 1 aromatic carbocycles. The second-order valence-corrected chi connectivity index (χ2v) is 8.29. The topological polar surface area (TPSA) is 102 Å². The lowest BCUT2D eigenvalue weighted by atomic mass is 10.0. The highest BCUT2D eigenvalue weighted by molar-refractivity contribution is 5.64. The van der Waals surface area contributed by atoms with Crippen LogP contribution >= 0.6 is 0 Å². The average molecular weight is 426 g/mol. The minimum absolute atomic E-state index is 0.0369. The van der Waals surface area contributed by atoms with Crippen molar-refractivity contribution < 1.29 is 19.5 Å². The van der Waals surface area contributed by atoms with Crippen molar-refractivity contribution in [1.29, 1.82) is 0 Å². The van der Waals surface area contributed by atoms with E-state index < -0.39 is 6.10 Å². The van der Waals surface area contributed by atoms with Crippen LogP contribution in [-0.2, 0) is 12.8 Å². The van der Waals surface area contributed by atoms with Crippen molar-refractivity contribution in [2.24, 2.45) is 5.92 Å². The van der Waals surface area contributed by atoms with E-state index in [-0.39, 0.29) is 13.2 Å². The van der Waals surface area contributed by atoms with Gasteiger partial charge in [0.15, 0.2) is 0 Å². The molecule has 2 aromatic heterocycles.